The second kappa shape index (κ2) is 11.7. The van der Waals surface area contributed by atoms with Crippen LogP contribution in [-0.2, 0) is 0 Å². The van der Waals surface area contributed by atoms with Crippen molar-refractivity contribution in [1.82, 2.24) is 20.5 Å². The summed E-state index contributed by atoms with van der Waals surface area (Å²) in [5, 5.41) is 6.60. The van der Waals surface area contributed by atoms with Gasteiger partial charge in [0.2, 0.25) is 0 Å². The maximum Gasteiger partial charge on any atom is 0.191 e. The molecule has 25 heavy (non-hydrogen) atoms. The van der Waals surface area contributed by atoms with Crippen molar-refractivity contribution in [2.75, 3.05) is 45.9 Å². The van der Waals surface area contributed by atoms with Gasteiger partial charge in [0.25, 0.3) is 0 Å². The van der Waals surface area contributed by atoms with Crippen LogP contribution in [0, 0.1) is 5.92 Å². The summed E-state index contributed by atoms with van der Waals surface area (Å²) in [5.41, 5.74) is 0. The monoisotopic (exact) mass is 347 g/mol. The van der Waals surface area contributed by atoms with E-state index in [0.717, 1.165) is 43.7 Å². The maximum absolute atomic E-state index is 5.63. The van der Waals surface area contributed by atoms with Gasteiger partial charge in [0.1, 0.15) is 12.4 Å². The summed E-state index contributed by atoms with van der Waals surface area (Å²) < 4.78 is 5.63. The van der Waals surface area contributed by atoms with Gasteiger partial charge < -0.3 is 20.3 Å². The lowest BCUT2D eigenvalue weighted by atomic mass is 9.99. The largest absolute Gasteiger partial charge is 0.490 e. The lowest BCUT2D eigenvalue weighted by molar-refractivity contribution is 0.192. The van der Waals surface area contributed by atoms with Crippen LogP contribution in [0.15, 0.2) is 29.5 Å². The normalized spacial score (nSPS) is 16.6. The molecular formula is C19H33N5O. The minimum Gasteiger partial charge on any atom is -0.490 e. The van der Waals surface area contributed by atoms with Crippen molar-refractivity contribution in [1.29, 1.82) is 0 Å². The number of pyridine rings is 1. The van der Waals surface area contributed by atoms with E-state index in [0.29, 0.717) is 13.2 Å². The summed E-state index contributed by atoms with van der Waals surface area (Å²) in [6.45, 7) is 11.1. The van der Waals surface area contributed by atoms with Crippen LogP contribution in [0.25, 0.3) is 0 Å². The molecule has 0 aliphatic carbocycles. The molecule has 6 nitrogen and oxygen atoms in total. The number of ether oxygens (including phenoxy) is 1. The molecule has 2 rings (SSSR count). The third kappa shape index (κ3) is 8.20. The highest BCUT2D eigenvalue weighted by Gasteiger charge is 2.14. The van der Waals surface area contributed by atoms with Crippen LogP contribution in [0.2, 0.25) is 0 Å². The first-order valence-electron chi connectivity index (χ1n) is 9.55. The molecule has 1 saturated heterocycles. The number of nitrogens with zero attached hydrogens (tertiary/aromatic N) is 3. The number of likely N-dealkylation sites (tertiary alicyclic amines) is 1. The Morgan fingerprint density at radius 3 is 2.92 bits per heavy atom. The molecule has 1 aromatic rings. The van der Waals surface area contributed by atoms with E-state index in [9.17, 15) is 0 Å². The van der Waals surface area contributed by atoms with Gasteiger partial charge in [-0.05, 0) is 63.9 Å². The number of aromatic nitrogens is 1. The smallest absolute Gasteiger partial charge is 0.191 e. The van der Waals surface area contributed by atoms with E-state index in [-0.39, 0.29) is 0 Å². The SMILES string of the molecule is CCNC(=NCCCN1CCC(C)CC1)NCCOc1cccnc1. The molecular weight excluding hydrogens is 314 g/mol. The Morgan fingerprint density at radius 2 is 2.20 bits per heavy atom. The maximum atomic E-state index is 5.63. The Bertz CT molecular complexity index is 486. The molecule has 0 unspecified atom stereocenters. The molecule has 1 aliphatic heterocycles. The molecule has 0 saturated carbocycles. The summed E-state index contributed by atoms with van der Waals surface area (Å²) in [7, 11) is 0. The summed E-state index contributed by atoms with van der Waals surface area (Å²) in [6, 6.07) is 3.78. The second-order valence-electron chi connectivity index (χ2n) is 6.60. The highest BCUT2D eigenvalue weighted by molar-refractivity contribution is 5.79. The number of rotatable bonds is 9. The van der Waals surface area contributed by atoms with Crippen LogP contribution in [0.1, 0.15) is 33.1 Å². The van der Waals surface area contributed by atoms with Gasteiger partial charge in [-0.15, -0.1) is 0 Å². The zero-order chi connectivity index (χ0) is 17.7. The van der Waals surface area contributed by atoms with Crippen LogP contribution in [0.4, 0.5) is 0 Å². The molecule has 0 atom stereocenters. The van der Waals surface area contributed by atoms with E-state index >= 15 is 0 Å². The van der Waals surface area contributed by atoms with E-state index in [1.165, 1.54) is 25.9 Å². The van der Waals surface area contributed by atoms with Crippen LogP contribution in [0.3, 0.4) is 0 Å². The van der Waals surface area contributed by atoms with Gasteiger partial charge in [0.05, 0.1) is 12.7 Å². The van der Waals surface area contributed by atoms with E-state index in [1.807, 2.05) is 12.1 Å². The van der Waals surface area contributed by atoms with Crippen molar-refractivity contribution in [2.24, 2.45) is 10.9 Å². The molecule has 0 bridgehead atoms. The Kier molecular flexibility index (Phi) is 9.12. The Labute approximate surface area is 152 Å². The van der Waals surface area contributed by atoms with E-state index in [2.05, 4.69) is 39.4 Å². The molecule has 0 amide bonds. The summed E-state index contributed by atoms with van der Waals surface area (Å²) in [6.07, 6.45) is 7.25. The molecule has 2 heterocycles. The average molecular weight is 348 g/mol. The molecule has 140 valence electrons. The van der Waals surface area contributed by atoms with Crippen LogP contribution < -0.4 is 15.4 Å². The molecule has 6 heteroatoms. The van der Waals surface area contributed by atoms with Crippen LogP contribution in [-0.4, -0.2) is 61.7 Å². The summed E-state index contributed by atoms with van der Waals surface area (Å²) >= 11 is 0. The fraction of sp³-hybridized carbons (Fsp3) is 0.684. The Hall–Kier alpha value is -1.82. The summed E-state index contributed by atoms with van der Waals surface area (Å²) in [4.78, 5) is 11.3. The fourth-order valence-electron chi connectivity index (χ4n) is 2.88. The van der Waals surface area contributed by atoms with Crippen molar-refractivity contribution in [3.63, 3.8) is 0 Å². The Balaban J connectivity index is 1.60. The van der Waals surface area contributed by atoms with Gasteiger partial charge in [0, 0.05) is 19.3 Å². The highest BCUT2D eigenvalue weighted by Crippen LogP contribution is 2.15. The number of hydrogen-bond acceptors (Lipinski definition) is 4. The lowest BCUT2D eigenvalue weighted by Crippen LogP contribution is -2.39. The van der Waals surface area contributed by atoms with Crippen molar-refractivity contribution in [3.8, 4) is 5.75 Å². The molecule has 0 radical (unpaired) electrons. The topological polar surface area (TPSA) is 61.8 Å². The van der Waals surface area contributed by atoms with Gasteiger partial charge in [0.15, 0.2) is 5.96 Å². The fourth-order valence-corrected chi connectivity index (χ4v) is 2.88. The first kappa shape index (κ1) is 19.5. The lowest BCUT2D eigenvalue weighted by Gasteiger charge is -2.29. The zero-order valence-corrected chi connectivity index (χ0v) is 15.7. The molecule has 0 aromatic carbocycles. The van der Waals surface area contributed by atoms with Gasteiger partial charge in [-0.25, -0.2) is 0 Å². The van der Waals surface area contributed by atoms with Gasteiger partial charge in [-0.1, -0.05) is 6.92 Å². The number of piperidine rings is 1. The predicted octanol–water partition coefficient (Wildman–Crippen LogP) is 2.14. The van der Waals surface area contributed by atoms with Gasteiger partial charge in [-0.3, -0.25) is 9.98 Å². The molecule has 1 aromatic heterocycles. The van der Waals surface area contributed by atoms with Crippen molar-refractivity contribution in [3.05, 3.63) is 24.5 Å². The van der Waals surface area contributed by atoms with Crippen LogP contribution in [0.5, 0.6) is 5.75 Å². The Morgan fingerprint density at radius 1 is 1.36 bits per heavy atom. The minimum atomic E-state index is 0.585. The quantitative estimate of drug-likeness (QED) is 0.407. The van der Waals surface area contributed by atoms with Crippen molar-refractivity contribution in [2.45, 2.75) is 33.1 Å². The third-order valence-electron chi connectivity index (χ3n) is 4.42. The first-order chi connectivity index (χ1) is 12.3. The van der Waals surface area contributed by atoms with Crippen molar-refractivity contribution >= 4 is 5.96 Å². The third-order valence-corrected chi connectivity index (χ3v) is 4.42. The number of guanidine groups is 1. The van der Waals surface area contributed by atoms with E-state index in [1.54, 1.807) is 12.4 Å². The average Bonchev–Trinajstić information content (AvgIpc) is 2.64. The molecule has 2 N–H and O–H groups in total. The van der Waals surface area contributed by atoms with E-state index < -0.39 is 0 Å². The summed E-state index contributed by atoms with van der Waals surface area (Å²) in [5.74, 6) is 2.55. The predicted molar refractivity (Wildman–Crippen MR) is 103 cm³/mol. The molecule has 1 aliphatic rings. The minimum absolute atomic E-state index is 0.585. The number of aliphatic imine (C=N–C) groups is 1. The van der Waals surface area contributed by atoms with Gasteiger partial charge >= 0.3 is 0 Å². The first-order valence-corrected chi connectivity index (χ1v) is 9.55. The standard InChI is InChI=1S/C19H33N5O/c1-3-21-19(23-11-15-25-18-6-4-9-20-16-18)22-10-5-12-24-13-7-17(2)8-14-24/h4,6,9,16-17H,3,5,7-8,10-15H2,1-2H3,(H2,21,22,23). The highest BCUT2D eigenvalue weighted by atomic mass is 16.5. The number of hydrogen-bond donors (Lipinski definition) is 2. The van der Waals surface area contributed by atoms with Crippen LogP contribution >= 0.6 is 0 Å². The molecule has 0 spiro atoms. The van der Waals surface area contributed by atoms with Crippen molar-refractivity contribution < 1.29 is 4.74 Å². The zero-order valence-electron chi connectivity index (χ0n) is 15.7. The molecule has 1 fully saturated rings. The van der Waals surface area contributed by atoms with E-state index in [4.69, 9.17) is 4.74 Å². The number of nitrogens with one attached hydrogen (secondary N) is 2. The second-order valence-corrected chi connectivity index (χ2v) is 6.60. The van der Waals surface area contributed by atoms with Gasteiger partial charge in [-0.2, -0.15) is 0 Å².